The molecule has 4 nitrogen and oxygen atoms in total. The molecule has 0 saturated carbocycles. The van der Waals surface area contributed by atoms with E-state index in [-0.39, 0.29) is 5.75 Å². The van der Waals surface area contributed by atoms with Gasteiger partial charge >= 0.3 is 5.97 Å². The molecule has 0 heterocycles. The average molecular weight is 198 g/mol. The van der Waals surface area contributed by atoms with E-state index >= 15 is 0 Å². The van der Waals surface area contributed by atoms with E-state index in [1.807, 2.05) is 0 Å². The minimum atomic E-state index is -1.70. The molecular formula is C9H7FO4. The van der Waals surface area contributed by atoms with Crippen LogP contribution >= 0.6 is 0 Å². The fourth-order valence-corrected chi connectivity index (χ4v) is 0.921. The number of carboxylic acids is 1. The van der Waals surface area contributed by atoms with Gasteiger partial charge < -0.3 is 9.84 Å². The van der Waals surface area contributed by atoms with Crippen molar-refractivity contribution in [3.8, 4) is 5.75 Å². The van der Waals surface area contributed by atoms with Crippen LogP contribution in [-0.4, -0.2) is 24.0 Å². The van der Waals surface area contributed by atoms with E-state index in [0.717, 1.165) is 12.1 Å². The standard InChI is InChI=1S/C9H7FO4/c1-14-5-2-3-7(10)6(4-5)8(11)9(12)13/h2-4H,1H3,(H,12,13). The number of benzene rings is 1. The van der Waals surface area contributed by atoms with E-state index in [2.05, 4.69) is 0 Å². The van der Waals surface area contributed by atoms with Gasteiger partial charge in [0.15, 0.2) is 0 Å². The Bertz CT molecular complexity index is 386. The first-order chi connectivity index (χ1) is 6.56. The first-order valence-corrected chi connectivity index (χ1v) is 3.67. The Kier molecular flexibility index (Phi) is 2.81. The Hall–Kier alpha value is -1.91. The van der Waals surface area contributed by atoms with E-state index in [0.29, 0.717) is 0 Å². The summed E-state index contributed by atoms with van der Waals surface area (Å²) in [6.45, 7) is 0. The third kappa shape index (κ3) is 1.87. The number of carbonyl (C=O) groups excluding carboxylic acids is 1. The highest BCUT2D eigenvalue weighted by Crippen LogP contribution is 2.16. The van der Waals surface area contributed by atoms with Crippen LogP contribution in [0.3, 0.4) is 0 Å². The number of carbonyl (C=O) groups is 2. The number of Topliss-reactive ketones (excluding diaryl/α,β-unsaturated/α-hetero) is 1. The van der Waals surface area contributed by atoms with Gasteiger partial charge in [0, 0.05) is 0 Å². The molecule has 74 valence electrons. The highest BCUT2D eigenvalue weighted by atomic mass is 19.1. The zero-order valence-corrected chi connectivity index (χ0v) is 7.28. The highest BCUT2D eigenvalue weighted by molar-refractivity contribution is 6.39. The van der Waals surface area contributed by atoms with E-state index in [9.17, 15) is 14.0 Å². The monoisotopic (exact) mass is 198 g/mol. The minimum absolute atomic E-state index is 0.232. The summed E-state index contributed by atoms with van der Waals surface area (Å²) >= 11 is 0. The number of carboxylic acid groups (broad SMARTS) is 1. The quantitative estimate of drug-likeness (QED) is 0.583. The van der Waals surface area contributed by atoms with Gasteiger partial charge in [0.05, 0.1) is 12.7 Å². The topological polar surface area (TPSA) is 63.6 Å². The molecule has 0 atom stereocenters. The van der Waals surface area contributed by atoms with Crippen molar-refractivity contribution in [3.63, 3.8) is 0 Å². The largest absolute Gasteiger partial charge is 0.497 e. The second-order valence-electron chi connectivity index (χ2n) is 2.48. The van der Waals surface area contributed by atoms with Crippen molar-refractivity contribution in [3.05, 3.63) is 29.6 Å². The van der Waals surface area contributed by atoms with E-state index < -0.39 is 23.1 Å². The first kappa shape index (κ1) is 10.2. The minimum Gasteiger partial charge on any atom is -0.497 e. The van der Waals surface area contributed by atoms with Crippen molar-refractivity contribution in [1.82, 2.24) is 0 Å². The maximum atomic E-state index is 13.0. The van der Waals surface area contributed by atoms with Crippen molar-refractivity contribution >= 4 is 11.8 Å². The molecule has 1 N–H and O–H groups in total. The molecule has 0 amide bonds. The summed E-state index contributed by atoms with van der Waals surface area (Å²) in [6, 6.07) is 3.33. The fourth-order valence-electron chi connectivity index (χ4n) is 0.921. The SMILES string of the molecule is COc1ccc(F)c(C(=O)C(=O)O)c1. The average Bonchev–Trinajstić information content (AvgIpc) is 2.17. The maximum Gasteiger partial charge on any atom is 0.377 e. The van der Waals surface area contributed by atoms with Crippen molar-refractivity contribution in [2.45, 2.75) is 0 Å². The highest BCUT2D eigenvalue weighted by Gasteiger charge is 2.19. The van der Waals surface area contributed by atoms with E-state index in [1.54, 1.807) is 0 Å². The molecule has 1 rings (SSSR count). The van der Waals surface area contributed by atoms with Crippen LogP contribution in [-0.2, 0) is 4.79 Å². The number of methoxy groups -OCH3 is 1. The molecule has 0 aliphatic heterocycles. The zero-order chi connectivity index (χ0) is 10.7. The summed E-state index contributed by atoms with van der Waals surface area (Å²) in [5, 5.41) is 8.37. The normalized spacial score (nSPS) is 9.57. The summed E-state index contributed by atoms with van der Waals surface area (Å²) < 4.78 is 17.7. The first-order valence-electron chi connectivity index (χ1n) is 3.67. The van der Waals surface area contributed by atoms with Crippen LogP contribution in [0.25, 0.3) is 0 Å². The van der Waals surface area contributed by atoms with E-state index in [1.165, 1.54) is 13.2 Å². The van der Waals surface area contributed by atoms with Crippen molar-refractivity contribution < 1.29 is 23.8 Å². The van der Waals surface area contributed by atoms with Gasteiger partial charge in [0.25, 0.3) is 5.78 Å². The second kappa shape index (κ2) is 3.87. The molecule has 0 unspecified atom stereocenters. The molecule has 0 spiro atoms. The number of hydrogen-bond donors (Lipinski definition) is 1. The van der Waals surface area contributed by atoms with Crippen molar-refractivity contribution in [1.29, 1.82) is 0 Å². The lowest BCUT2D eigenvalue weighted by Crippen LogP contribution is -2.14. The Balaban J connectivity index is 3.19. The zero-order valence-electron chi connectivity index (χ0n) is 7.28. The van der Waals surface area contributed by atoms with E-state index in [4.69, 9.17) is 9.84 Å². The Labute approximate surface area is 78.9 Å². The molecule has 0 fully saturated rings. The van der Waals surface area contributed by atoms with Gasteiger partial charge in [-0.2, -0.15) is 0 Å². The maximum absolute atomic E-state index is 13.0. The van der Waals surface area contributed by atoms with Gasteiger partial charge in [0.2, 0.25) is 0 Å². The number of rotatable bonds is 3. The molecule has 0 radical (unpaired) electrons. The van der Waals surface area contributed by atoms with Crippen LogP contribution in [0.5, 0.6) is 5.75 Å². The Morgan fingerprint density at radius 1 is 1.43 bits per heavy atom. The van der Waals surface area contributed by atoms with Crippen molar-refractivity contribution in [2.24, 2.45) is 0 Å². The molecule has 14 heavy (non-hydrogen) atoms. The third-order valence-corrected chi connectivity index (χ3v) is 1.61. The summed E-state index contributed by atoms with van der Waals surface area (Å²) in [4.78, 5) is 21.2. The predicted molar refractivity (Wildman–Crippen MR) is 44.9 cm³/mol. The van der Waals surface area contributed by atoms with Crippen LogP contribution in [0, 0.1) is 5.82 Å². The molecule has 0 bridgehead atoms. The molecule has 1 aromatic carbocycles. The molecule has 0 saturated heterocycles. The Morgan fingerprint density at radius 2 is 2.07 bits per heavy atom. The van der Waals surface area contributed by atoms with Crippen LogP contribution in [0.4, 0.5) is 4.39 Å². The number of halogens is 1. The summed E-state index contributed by atoms with van der Waals surface area (Å²) in [7, 11) is 1.34. The lowest BCUT2D eigenvalue weighted by molar-refractivity contribution is -0.131. The Morgan fingerprint density at radius 3 is 2.57 bits per heavy atom. The number of ether oxygens (including phenoxy) is 1. The molecule has 0 aliphatic carbocycles. The van der Waals surface area contributed by atoms with Crippen LogP contribution in [0.2, 0.25) is 0 Å². The summed E-state index contributed by atoms with van der Waals surface area (Å²) in [6.07, 6.45) is 0. The van der Waals surface area contributed by atoms with Gasteiger partial charge in [-0.15, -0.1) is 0 Å². The fraction of sp³-hybridized carbons (Fsp3) is 0.111. The molecule has 0 aromatic heterocycles. The van der Waals surface area contributed by atoms with Crippen molar-refractivity contribution in [2.75, 3.05) is 7.11 Å². The number of aliphatic carboxylic acids is 1. The van der Waals surface area contributed by atoms with Crippen LogP contribution in [0.1, 0.15) is 10.4 Å². The second-order valence-corrected chi connectivity index (χ2v) is 2.48. The lowest BCUT2D eigenvalue weighted by atomic mass is 10.1. The predicted octanol–water partition coefficient (Wildman–Crippen LogP) is 1.10. The van der Waals surface area contributed by atoms with Crippen LogP contribution < -0.4 is 4.74 Å². The van der Waals surface area contributed by atoms with Gasteiger partial charge in [0.1, 0.15) is 11.6 Å². The smallest absolute Gasteiger partial charge is 0.377 e. The number of hydrogen-bond acceptors (Lipinski definition) is 3. The molecule has 0 aliphatic rings. The summed E-state index contributed by atoms with van der Waals surface area (Å²) in [5.74, 6) is -3.63. The van der Waals surface area contributed by atoms with Gasteiger partial charge in [-0.3, -0.25) is 4.79 Å². The van der Waals surface area contributed by atoms with Crippen LogP contribution in [0.15, 0.2) is 18.2 Å². The summed E-state index contributed by atoms with van der Waals surface area (Å²) in [5.41, 5.74) is -0.503. The molecule has 1 aromatic rings. The third-order valence-electron chi connectivity index (χ3n) is 1.61. The van der Waals surface area contributed by atoms with Gasteiger partial charge in [-0.25, -0.2) is 9.18 Å². The molecular weight excluding hydrogens is 191 g/mol. The van der Waals surface area contributed by atoms with Gasteiger partial charge in [-0.05, 0) is 18.2 Å². The number of ketones is 1. The van der Waals surface area contributed by atoms with Gasteiger partial charge in [-0.1, -0.05) is 0 Å². The molecule has 5 heteroatoms. The lowest BCUT2D eigenvalue weighted by Gasteiger charge is -2.02.